The average molecular weight is 289 g/mol. The summed E-state index contributed by atoms with van der Waals surface area (Å²) in [6, 6.07) is 1.88. The summed E-state index contributed by atoms with van der Waals surface area (Å²) in [5.41, 5.74) is 6.84. The molecule has 0 bridgehead atoms. The largest absolute Gasteiger partial charge is 0.369 e. The molecular weight excluding hydrogens is 266 g/mol. The Hall–Kier alpha value is -1.89. The lowest BCUT2D eigenvalue weighted by Gasteiger charge is -2.43. The molecule has 1 fully saturated rings. The van der Waals surface area contributed by atoms with Crippen molar-refractivity contribution in [2.24, 2.45) is 0 Å². The number of nitrogens with two attached hydrogens (primary N) is 1. The van der Waals surface area contributed by atoms with Gasteiger partial charge in [-0.25, -0.2) is 0 Å². The van der Waals surface area contributed by atoms with Gasteiger partial charge >= 0.3 is 0 Å². The zero-order chi connectivity index (χ0) is 14.9. The van der Waals surface area contributed by atoms with Gasteiger partial charge in [0.05, 0.1) is 0 Å². The molecule has 1 aliphatic carbocycles. The molecule has 2 aromatic heterocycles. The van der Waals surface area contributed by atoms with E-state index in [-0.39, 0.29) is 5.54 Å². The van der Waals surface area contributed by atoms with Crippen molar-refractivity contribution >= 4 is 17.4 Å². The van der Waals surface area contributed by atoms with Crippen LogP contribution in [-0.4, -0.2) is 50.7 Å². The summed E-state index contributed by atoms with van der Waals surface area (Å²) in [4.78, 5) is 6.72. The van der Waals surface area contributed by atoms with Crippen molar-refractivity contribution in [1.29, 1.82) is 0 Å². The van der Waals surface area contributed by atoms with Gasteiger partial charge in [0.15, 0.2) is 5.65 Å². The van der Waals surface area contributed by atoms with E-state index < -0.39 is 0 Å². The van der Waals surface area contributed by atoms with E-state index in [2.05, 4.69) is 39.5 Å². The molecular formula is C14H23N7. The van der Waals surface area contributed by atoms with Crippen LogP contribution in [0, 0.1) is 0 Å². The second-order valence-electron chi connectivity index (χ2n) is 6.09. The van der Waals surface area contributed by atoms with Crippen molar-refractivity contribution in [3.05, 3.63) is 12.4 Å². The summed E-state index contributed by atoms with van der Waals surface area (Å²) in [5.74, 6) is 1.17. The molecule has 2 heterocycles. The number of fused-ring (bicyclic) bond motifs is 1. The summed E-state index contributed by atoms with van der Waals surface area (Å²) < 4.78 is 1.67. The quantitative estimate of drug-likeness (QED) is 0.884. The number of hydrogen-bond acceptors (Lipinski definition) is 6. The highest BCUT2D eigenvalue weighted by Gasteiger charge is 2.34. The van der Waals surface area contributed by atoms with Gasteiger partial charge in [-0.3, -0.25) is 4.40 Å². The molecule has 3 rings (SSSR count). The summed E-state index contributed by atoms with van der Waals surface area (Å²) in [6.07, 6.45) is 7.93. The molecule has 0 unspecified atom stereocenters. The van der Waals surface area contributed by atoms with E-state index in [4.69, 9.17) is 5.73 Å². The van der Waals surface area contributed by atoms with Gasteiger partial charge in [0.25, 0.3) is 0 Å². The fraction of sp³-hybridized carbons (Fsp3) is 0.643. The first-order valence-electron chi connectivity index (χ1n) is 7.48. The van der Waals surface area contributed by atoms with Gasteiger partial charge in [-0.2, -0.15) is 4.98 Å². The van der Waals surface area contributed by atoms with Crippen molar-refractivity contribution in [2.75, 3.05) is 31.7 Å². The third-order valence-electron chi connectivity index (χ3n) is 4.65. The Kier molecular flexibility index (Phi) is 3.67. The van der Waals surface area contributed by atoms with Gasteiger partial charge in [-0.1, -0.05) is 19.3 Å². The number of anilines is 2. The topological polar surface area (TPSA) is 84.4 Å². The van der Waals surface area contributed by atoms with Crippen LogP contribution in [0.15, 0.2) is 12.4 Å². The van der Waals surface area contributed by atoms with E-state index in [9.17, 15) is 0 Å². The SMILES string of the molecule is CN(C)C1(CNc2cc3nncn3c(N)n2)CCCCC1. The number of hydrogen-bond donors (Lipinski definition) is 2. The standard InChI is InChI=1S/C14H23N7/c1-20(2)14(6-4-3-5-7-14)9-16-11-8-12-19-17-10-21(12)13(15)18-11/h8,10,16H,3-7,9H2,1-2H3,(H2,15,18). The summed E-state index contributed by atoms with van der Waals surface area (Å²) in [5, 5.41) is 11.3. The number of nitrogen functional groups attached to an aromatic ring is 1. The van der Waals surface area contributed by atoms with Crippen LogP contribution in [0.3, 0.4) is 0 Å². The average Bonchev–Trinajstić information content (AvgIpc) is 2.95. The molecule has 0 atom stereocenters. The van der Waals surface area contributed by atoms with Crippen molar-refractivity contribution < 1.29 is 0 Å². The predicted molar refractivity (Wildman–Crippen MR) is 83.2 cm³/mol. The molecule has 0 amide bonds. The molecule has 114 valence electrons. The normalized spacial score (nSPS) is 18.2. The third-order valence-corrected chi connectivity index (χ3v) is 4.65. The van der Waals surface area contributed by atoms with E-state index >= 15 is 0 Å². The Bertz CT molecular complexity index is 613. The van der Waals surface area contributed by atoms with Gasteiger partial charge in [0, 0.05) is 18.2 Å². The highest BCUT2D eigenvalue weighted by atomic mass is 15.3. The van der Waals surface area contributed by atoms with Gasteiger partial charge < -0.3 is 16.0 Å². The van der Waals surface area contributed by atoms with Crippen LogP contribution in [0.2, 0.25) is 0 Å². The molecule has 0 radical (unpaired) electrons. The Morgan fingerprint density at radius 3 is 2.81 bits per heavy atom. The summed E-state index contributed by atoms with van der Waals surface area (Å²) in [6.45, 7) is 0.872. The van der Waals surface area contributed by atoms with Crippen LogP contribution < -0.4 is 11.1 Å². The fourth-order valence-electron chi connectivity index (χ4n) is 3.19. The lowest BCUT2D eigenvalue weighted by Crippen LogP contribution is -2.51. The fourth-order valence-corrected chi connectivity index (χ4v) is 3.19. The Morgan fingerprint density at radius 2 is 2.10 bits per heavy atom. The number of likely N-dealkylation sites (N-methyl/N-ethyl adjacent to an activating group) is 1. The molecule has 3 N–H and O–H groups in total. The van der Waals surface area contributed by atoms with Crippen molar-refractivity contribution in [3.63, 3.8) is 0 Å². The molecule has 1 aliphatic rings. The van der Waals surface area contributed by atoms with Gasteiger partial charge in [-0.05, 0) is 26.9 Å². The molecule has 7 heteroatoms. The minimum atomic E-state index is 0.203. The number of nitrogens with one attached hydrogen (secondary N) is 1. The molecule has 21 heavy (non-hydrogen) atoms. The first-order chi connectivity index (χ1) is 10.1. The Balaban J connectivity index is 1.78. The maximum atomic E-state index is 5.92. The Labute approximate surface area is 124 Å². The van der Waals surface area contributed by atoms with Crippen molar-refractivity contribution in [3.8, 4) is 0 Å². The van der Waals surface area contributed by atoms with Crippen LogP contribution in [0.5, 0.6) is 0 Å². The molecule has 0 aromatic carbocycles. The van der Waals surface area contributed by atoms with Crippen LogP contribution in [0.25, 0.3) is 5.65 Å². The number of nitrogens with zero attached hydrogens (tertiary/aromatic N) is 5. The van der Waals surface area contributed by atoms with Crippen LogP contribution >= 0.6 is 0 Å². The smallest absolute Gasteiger partial charge is 0.209 e. The molecule has 0 spiro atoms. The predicted octanol–water partition coefficient (Wildman–Crippen LogP) is 1.38. The highest BCUT2D eigenvalue weighted by Crippen LogP contribution is 2.32. The van der Waals surface area contributed by atoms with E-state index in [0.717, 1.165) is 12.4 Å². The molecule has 0 aliphatic heterocycles. The van der Waals surface area contributed by atoms with E-state index in [0.29, 0.717) is 11.6 Å². The summed E-state index contributed by atoms with van der Waals surface area (Å²) in [7, 11) is 4.33. The zero-order valence-corrected chi connectivity index (χ0v) is 12.7. The molecule has 2 aromatic rings. The van der Waals surface area contributed by atoms with Gasteiger partial charge in [0.2, 0.25) is 5.95 Å². The van der Waals surface area contributed by atoms with E-state index in [1.54, 1.807) is 10.7 Å². The molecule has 1 saturated carbocycles. The summed E-state index contributed by atoms with van der Waals surface area (Å²) >= 11 is 0. The minimum Gasteiger partial charge on any atom is -0.369 e. The monoisotopic (exact) mass is 289 g/mol. The second-order valence-corrected chi connectivity index (χ2v) is 6.09. The first-order valence-corrected chi connectivity index (χ1v) is 7.48. The molecule has 7 nitrogen and oxygen atoms in total. The number of aromatic nitrogens is 4. The maximum absolute atomic E-state index is 5.92. The van der Waals surface area contributed by atoms with Crippen molar-refractivity contribution in [1.82, 2.24) is 24.5 Å². The molecule has 0 saturated heterocycles. The third kappa shape index (κ3) is 2.65. The van der Waals surface area contributed by atoms with Crippen LogP contribution in [-0.2, 0) is 0 Å². The first kappa shape index (κ1) is 14.1. The van der Waals surface area contributed by atoms with Crippen molar-refractivity contribution in [2.45, 2.75) is 37.6 Å². The van der Waals surface area contributed by atoms with Gasteiger partial charge in [0.1, 0.15) is 12.1 Å². The highest BCUT2D eigenvalue weighted by molar-refractivity contribution is 5.53. The second kappa shape index (κ2) is 5.48. The van der Waals surface area contributed by atoms with E-state index in [1.165, 1.54) is 32.1 Å². The Morgan fingerprint density at radius 1 is 1.33 bits per heavy atom. The van der Waals surface area contributed by atoms with Crippen LogP contribution in [0.4, 0.5) is 11.8 Å². The maximum Gasteiger partial charge on any atom is 0.209 e. The number of rotatable bonds is 4. The lowest BCUT2D eigenvalue weighted by molar-refractivity contribution is 0.113. The van der Waals surface area contributed by atoms with E-state index in [1.807, 2.05) is 6.07 Å². The van der Waals surface area contributed by atoms with Crippen LogP contribution in [0.1, 0.15) is 32.1 Å². The van der Waals surface area contributed by atoms with Gasteiger partial charge in [-0.15, -0.1) is 10.2 Å². The zero-order valence-electron chi connectivity index (χ0n) is 12.7. The minimum absolute atomic E-state index is 0.203. The lowest BCUT2D eigenvalue weighted by atomic mass is 9.80.